The zero-order valence-corrected chi connectivity index (χ0v) is 81.1. The van der Waals surface area contributed by atoms with Gasteiger partial charge in [-0.3, -0.25) is 4.79 Å². The molecular formula is C96H131BrCl6O10S. The van der Waals surface area contributed by atoms with Crippen molar-refractivity contribution in [2.75, 3.05) is 20.5 Å². The van der Waals surface area contributed by atoms with Gasteiger partial charge in [-0.1, -0.05) is 276 Å². The van der Waals surface area contributed by atoms with E-state index in [9.17, 15) is 38.7 Å². The van der Waals surface area contributed by atoms with Gasteiger partial charge in [0, 0.05) is 47.5 Å². The number of phenolic OH excluding ortho intramolecular Hbond substituents is 5. The Bertz CT molecular complexity index is 4580. The number of aromatic hydroxyl groups is 5. The molecular weight excluding hydrogens is 1640 g/mol. The van der Waals surface area contributed by atoms with Gasteiger partial charge in [-0.2, -0.15) is 0 Å². The Morgan fingerprint density at radius 3 is 1.09 bits per heavy atom. The smallest absolute Gasteiger partial charge is 0.175 e. The Labute approximate surface area is 724 Å². The molecule has 0 radical (unpaired) electrons. The predicted octanol–water partition coefficient (Wildman–Crippen LogP) is 30.0. The summed E-state index contributed by atoms with van der Waals surface area (Å²) >= 11 is 39.6. The molecule has 2 saturated carbocycles. The fraction of sp³-hybridized carbons (Fsp3) is 0.490. The Balaban J connectivity index is 0.000000338. The molecule has 630 valence electrons. The highest BCUT2D eigenvalue weighted by atomic mass is 79.9. The lowest BCUT2D eigenvalue weighted by atomic mass is 9.83. The number of aryl methyl sites for hydroxylation is 5. The van der Waals surface area contributed by atoms with Crippen molar-refractivity contribution in [3.8, 4) is 40.2 Å². The summed E-state index contributed by atoms with van der Waals surface area (Å²) in [5, 5.41) is 52.4. The lowest BCUT2D eigenvalue weighted by molar-refractivity contribution is 0.101. The highest BCUT2D eigenvalue weighted by molar-refractivity contribution is 9.10. The number of sulfone groups is 1. The summed E-state index contributed by atoms with van der Waals surface area (Å²) in [6, 6.07) is 31.2. The number of carbonyl (C=O) groups is 1. The SMILES string of the molecule is CC(C)(C)c1cc(C2CC2)c(Cl)cc1O.CC(C)(C)c1cc(S(C)(=O)=O)ccc1O.COc1cc(Cl)c(C(C)=O)cc1C(C)(C)C.COc1cc(Cl)c(C2CC2)cc1C(C)(C)C.Cc1cc(C(C)(C)C)c(C)cc1Cl.Cc1cc(C(C)(C)C)c(O)cc1Br.Cc1cc(C(C)(C)C)c(O)cc1Cl.Cc1cc(C(C)(C)C)cc(O)c1Cl. The van der Waals surface area contributed by atoms with E-state index in [-0.39, 0.29) is 71.2 Å². The Hall–Kier alpha value is -5.80. The normalized spacial score (nSPS) is 13.2. The van der Waals surface area contributed by atoms with Gasteiger partial charge in [0.1, 0.15) is 40.2 Å². The molecule has 0 aromatic heterocycles. The van der Waals surface area contributed by atoms with Crippen molar-refractivity contribution < 1.29 is 48.2 Å². The fourth-order valence-electron chi connectivity index (χ4n) is 12.2. The predicted molar refractivity (Wildman–Crippen MR) is 491 cm³/mol. The van der Waals surface area contributed by atoms with Crippen LogP contribution in [-0.4, -0.2) is 60.2 Å². The van der Waals surface area contributed by atoms with E-state index in [0.717, 1.165) is 82.3 Å². The van der Waals surface area contributed by atoms with Crippen molar-refractivity contribution in [2.45, 2.75) is 293 Å². The van der Waals surface area contributed by atoms with Crippen LogP contribution in [0.15, 0.2) is 112 Å². The van der Waals surface area contributed by atoms with Crippen LogP contribution in [0.25, 0.3) is 0 Å². The van der Waals surface area contributed by atoms with Gasteiger partial charge in [0.15, 0.2) is 15.6 Å². The molecule has 8 aromatic carbocycles. The lowest BCUT2D eigenvalue weighted by Gasteiger charge is -2.23. The molecule has 10 nitrogen and oxygen atoms in total. The van der Waals surface area contributed by atoms with E-state index in [2.05, 4.69) is 199 Å². The first-order chi connectivity index (χ1) is 51.5. The van der Waals surface area contributed by atoms with Gasteiger partial charge in [0.05, 0.1) is 29.2 Å². The third-order valence-electron chi connectivity index (χ3n) is 19.3. The highest BCUT2D eigenvalue weighted by Gasteiger charge is 2.32. The summed E-state index contributed by atoms with van der Waals surface area (Å²) in [5.74, 6) is 4.17. The number of Topliss-reactive ketones (excluding diaryl/α,β-unsaturated/α-hetero) is 1. The first kappa shape index (κ1) is 102. The lowest BCUT2D eigenvalue weighted by Crippen LogP contribution is -2.14. The van der Waals surface area contributed by atoms with Gasteiger partial charge in [-0.15, -0.1) is 0 Å². The highest BCUT2D eigenvalue weighted by Crippen LogP contribution is 2.49. The minimum atomic E-state index is -3.21. The Kier molecular flexibility index (Phi) is 36.2. The maximum absolute atomic E-state index is 11.4. The molecule has 0 unspecified atom stereocenters. The quantitative estimate of drug-likeness (QED) is 0.101. The molecule has 0 atom stereocenters. The number of phenols is 5. The van der Waals surface area contributed by atoms with E-state index < -0.39 is 9.84 Å². The van der Waals surface area contributed by atoms with Crippen molar-refractivity contribution in [2.24, 2.45) is 0 Å². The second-order valence-electron chi connectivity index (χ2n) is 38.3. The van der Waals surface area contributed by atoms with E-state index in [0.29, 0.717) is 54.6 Å². The fourth-order valence-corrected chi connectivity index (χ4v) is 14.5. The standard InChI is InChI=1S/C14H19ClO.C13H17ClO2.C13H17ClO.C12H17Cl.C11H15BrO.2C11H15ClO.C11H16O3S/c1-14(2,3)11-7-10(9-5-6-9)12(15)8-13(11)16-4;1-8(15)9-6-10(13(2,3)4)12(16-5)7-11(9)14;1-13(2,3)10-6-9(8-4-5-8)11(14)7-12(10)15;1-8-7-11(13)9(2)6-10(8)12(3,4)5;2*1-7-5-8(11(2,3)4)10(13)6-9(7)12;1-7-5-8(11(2,3)4)6-9(13)10(7)12;1-11(2,3)9-7-8(15(4,13)14)5-6-10(9)12/h7-9H,5-6H2,1-4H3;6-7H,1-5H3;6-8,15H,4-5H2,1-3H3;6-7H,1-5H3;3*5-6,13H,1-4H3;5-7,12H,1-4H3. The van der Waals surface area contributed by atoms with E-state index >= 15 is 0 Å². The number of ether oxygens (including phenoxy) is 2. The van der Waals surface area contributed by atoms with Crippen LogP contribution in [0.1, 0.15) is 304 Å². The number of ketones is 1. The summed E-state index contributed by atoms with van der Waals surface area (Å²) in [7, 11) is 0.0981. The topological polar surface area (TPSA) is 171 Å². The molecule has 2 aliphatic rings. The van der Waals surface area contributed by atoms with Crippen molar-refractivity contribution in [1.29, 1.82) is 0 Å². The van der Waals surface area contributed by atoms with Crippen LogP contribution in [0.5, 0.6) is 40.2 Å². The van der Waals surface area contributed by atoms with Gasteiger partial charge < -0.3 is 35.0 Å². The van der Waals surface area contributed by atoms with Crippen LogP contribution >= 0.6 is 85.5 Å². The maximum Gasteiger partial charge on any atom is 0.175 e. The largest absolute Gasteiger partial charge is 0.508 e. The van der Waals surface area contributed by atoms with Crippen LogP contribution < -0.4 is 9.47 Å². The zero-order valence-electron chi connectivity index (χ0n) is 74.1. The van der Waals surface area contributed by atoms with Gasteiger partial charge in [0.25, 0.3) is 0 Å². The number of hydrogen-bond donors (Lipinski definition) is 5. The molecule has 18 heteroatoms. The van der Waals surface area contributed by atoms with Crippen molar-refractivity contribution in [3.05, 3.63) is 227 Å². The maximum atomic E-state index is 11.4. The molecule has 2 aliphatic carbocycles. The van der Waals surface area contributed by atoms with Crippen molar-refractivity contribution in [1.82, 2.24) is 0 Å². The van der Waals surface area contributed by atoms with Crippen LogP contribution in [0.3, 0.4) is 0 Å². The van der Waals surface area contributed by atoms with Crippen LogP contribution in [0, 0.1) is 34.6 Å². The monoisotopic (exact) mass is 1760 g/mol. The molecule has 0 heterocycles. The first-order valence-electron chi connectivity index (χ1n) is 38.6. The number of rotatable bonds is 6. The van der Waals surface area contributed by atoms with Crippen molar-refractivity contribution in [3.63, 3.8) is 0 Å². The van der Waals surface area contributed by atoms with Crippen LogP contribution in [0.4, 0.5) is 0 Å². The van der Waals surface area contributed by atoms with Gasteiger partial charge in [-0.25, -0.2) is 8.42 Å². The number of halogens is 7. The molecule has 0 spiro atoms. The van der Waals surface area contributed by atoms with Gasteiger partial charge in [-0.05, 0) is 274 Å². The van der Waals surface area contributed by atoms with E-state index in [1.54, 1.807) is 44.6 Å². The van der Waals surface area contributed by atoms with Crippen LogP contribution in [0.2, 0.25) is 30.1 Å². The molecule has 0 bridgehead atoms. The van der Waals surface area contributed by atoms with Crippen LogP contribution in [-0.2, 0) is 53.2 Å². The number of carbonyl (C=O) groups excluding carboxylic acids is 1. The number of benzene rings is 8. The van der Waals surface area contributed by atoms with Crippen molar-refractivity contribution >= 4 is 101 Å². The molecule has 2 fully saturated rings. The number of methoxy groups -OCH3 is 2. The minimum Gasteiger partial charge on any atom is -0.508 e. The van der Waals surface area contributed by atoms with E-state index in [1.165, 1.54) is 78.6 Å². The minimum absolute atomic E-state index is 0.00442. The second kappa shape index (κ2) is 40.3. The average Bonchev–Trinajstić information content (AvgIpc) is 1.52. The summed E-state index contributed by atoms with van der Waals surface area (Å²) in [5.41, 5.74) is 16.8. The summed E-state index contributed by atoms with van der Waals surface area (Å²) < 4.78 is 34.4. The Morgan fingerprint density at radius 1 is 0.368 bits per heavy atom. The first-order valence-corrected chi connectivity index (χ1v) is 43.5. The summed E-state index contributed by atoms with van der Waals surface area (Å²) in [6.07, 6.45) is 6.17. The van der Waals surface area contributed by atoms with Gasteiger partial charge in [0.2, 0.25) is 0 Å². The van der Waals surface area contributed by atoms with E-state index in [1.807, 2.05) is 71.9 Å². The average molecular weight is 1770 g/mol. The molecule has 5 N–H and O–H groups in total. The summed E-state index contributed by atoms with van der Waals surface area (Å²) in [4.78, 5) is 11.7. The Morgan fingerprint density at radius 2 is 0.711 bits per heavy atom. The summed E-state index contributed by atoms with van der Waals surface area (Å²) in [6.45, 7) is 61.9. The van der Waals surface area contributed by atoms with Gasteiger partial charge >= 0.3 is 0 Å². The molecule has 0 amide bonds. The number of hydrogen-bond acceptors (Lipinski definition) is 10. The molecule has 10 rings (SSSR count). The van der Waals surface area contributed by atoms with E-state index in [4.69, 9.17) is 79.1 Å². The zero-order chi connectivity index (χ0) is 88.4. The molecule has 0 aliphatic heterocycles. The molecule has 8 aromatic rings. The third-order valence-corrected chi connectivity index (χ3v) is 23.6. The second-order valence-corrected chi connectivity index (χ2v) is 43.6. The third kappa shape index (κ3) is 30.8. The molecule has 0 saturated heterocycles. The molecule has 114 heavy (non-hydrogen) atoms.